The van der Waals surface area contributed by atoms with Gasteiger partial charge in [0.1, 0.15) is 11.6 Å². The van der Waals surface area contributed by atoms with E-state index in [-0.39, 0.29) is 11.8 Å². The van der Waals surface area contributed by atoms with Crippen LogP contribution in [0.4, 0.5) is 17.6 Å². The van der Waals surface area contributed by atoms with Gasteiger partial charge in [0.2, 0.25) is 5.78 Å². The maximum Gasteiger partial charge on any atom is 0.416 e. The highest BCUT2D eigenvalue weighted by Gasteiger charge is 2.32. The molecule has 0 N–H and O–H groups in total. The normalized spacial score (nSPS) is 11.2. The van der Waals surface area contributed by atoms with Gasteiger partial charge in [-0.05, 0) is 42.5 Å². The summed E-state index contributed by atoms with van der Waals surface area (Å²) in [6.07, 6.45) is -4.70. The number of benzene rings is 2. The molecule has 0 unspecified atom stereocenters. The summed E-state index contributed by atoms with van der Waals surface area (Å²) in [4.78, 5) is 12.0. The van der Waals surface area contributed by atoms with Crippen LogP contribution in [-0.2, 0) is 6.18 Å². The molecule has 0 bridgehead atoms. The van der Waals surface area contributed by atoms with Crippen molar-refractivity contribution in [1.82, 2.24) is 0 Å². The number of alkyl halides is 3. The Morgan fingerprint density at radius 2 is 1.70 bits per heavy atom. The largest absolute Gasteiger partial charge is 0.454 e. The van der Waals surface area contributed by atoms with E-state index in [0.29, 0.717) is 11.1 Å². The summed E-state index contributed by atoms with van der Waals surface area (Å²) in [5.74, 6) is -2.44. The van der Waals surface area contributed by atoms with E-state index in [2.05, 4.69) is 6.58 Å². The summed E-state index contributed by atoms with van der Waals surface area (Å²) in [6.45, 7) is 3.37. The smallest absolute Gasteiger partial charge is 0.416 e. The average molecular weight is 345 g/mol. The molecular weight excluding hydrogens is 336 g/mol. The number of hydrogen-bond donors (Lipinski definition) is 0. The van der Waals surface area contributed by atoms with Gasteiger partial charge in [-0.3, -0.25) is 4.79 Å². The fourth-order valence-electron chi connectivity index (χ4n) is 1.72. The Hall–Kier alpha value is -2.34. The van der Waals surface area contributed by atoms with Crippen molar-refractivity contribution in [2.75, 3.05) is 0 Å². The number of ketones is 1. The van der Waals surface area contributed by atoms with Crippen LogP contribution >= 0.6 is 11.6 Å². The number of carbonyl (C=O) groups is 1. The van der Waals surface area contributed by atoms with Crippen LogP contribution in [0.2, 0.25) is 5.02 Å². The molecule has 0 radical (unpaired) electrons. The second kappa shape index (κ2) is 6.42. The zero-order valence-corrected chi connectivity index (χ0v) is 12.2. The van der Waals surface area contributed by atoms with Crippen LogP contribution in [0.25, 0.3) is 0 Å². The van der Waals surface area contributed by atoms with Crippen molar-refractivity contribution in [2.24, 2.45) is 0 Å². The zero-order valence-electron chi connectivity index (χ0n) is 11.5. The lowest BCUT2D eigenvalue weighted by Gasteiger charge is -2.10. The third-order valence-corrected chi connectivity index (χ3v) is 3.10. The van der Waals surface area contributed by atoms with Crippen LogP contribution < -0.4 is 4.74 Å². The molecule has 0 aromatic heterocycles. The summed E-state index contributed by atoms with van der Waals surface area (Å²) in [5, 5.41) is 0.447. The van der Waals surface area contributed by atoms with Gasteiger partial charge in [0.25, 0.3) is 0 Å². The van der Waals surface area contributed by atoms with Crippen LogP contribution in [0.1, 0.15) is 15.9 Å². The minimum atomic E-state index is -4.70. The molecule has 2 aromatic carbocycles. The van der Waals surface area contributed by atoms with Crippen molar-refractivity contribution in [3.8, 4) is 5.75 Å². The lowest BCUT2D eigenvalue weighted by molar-refractivity contribution is -0.137. The minimum absolute atomic E-state index is 0.236. The molecule has 0 saturated carbocycles. The van der Waals surface area contributed by atoms with Gasteiger partial charge in [0.05, 0.1) is 11.1 Å². The van der Waals surface area contributed by atoms with Crippen molar-refractivity contribution in [1.29, 1.82) is 0 Å². The van der Waals surface area contributed by atoms with Crippen LogP contribution in [-0.4, -0.2) is 5.78 Å². The molecule has 23 heavy (non-hydrogen) atoms. The molecule has 0 aliphatic heterocycles. The molecule has 0 saturated heterocycles. The molecular formula is C16H9ClF4O2. The molecule has 0 aliphatic rings. The number of halogens is 5. The Morgan fingerprint density at radius 3 is 2.22 bits per heavy atom. The second-order valence-electron chi connectivity index (χ2n) is 4.50. The number of rotatable bonds is 4. The SMILES string of the molecule is C=C(Oc1ccc(Cl)cc1)C(=O)c1ccc(C(F)(F)F)cc1F. The third-order valence-electron chi connectivity index (χ3n) is 2.85. The first kappa shape index (κ1) is 17.0. The Labute approximate surface area is 133 Å². The molecule has 0 spiro atoms. The van der Waals surface area contributed by atoms with E-state index in [1.807, 2.05) is 0 Å². The maximum absolute atomic E-state index is 13.7. The number of allylic oxidation sites excluding steroid dienone is 1. The summed E-state index contributed by atoms with van der Waals surface area (Å²) >= 11 is 5.69. The van der Waals surface area contributed by atoms with E-state index in [0.717, 1.165) is 6.07 Å². The molecule has 0 fully saturated rings. The van der Waals surface area contributed by atoms with Crippen molar-refractivity contribution in [3.05, 3.63) is 76.8 Å². The average Bonchev–Trinajstić information content (AvgIpc) is 2.48. The highest BCUT2D eigenvalue weighted by Crippen LogP contribution is 2.30. The van der Waals surface area contributed by atoms with E-state index >= 15 is 0 Å². The Kier molecular flexibility index (Phi) is 4.75. The minimum Gasteiger partial charge on any atom is -0.454 e. The highest BCUT2D eigenvalue weighted by atomic mass is 35.5. The van der Waals surface area contributed by atoms with Gasteiger partial charge in [0, 0.05) is 5.02 Å². The molecule has 7 heteroatoms. The number of ether oxygens (including phenoxy) is 1. The van der Waals surface area contributed by atoms with Crippen molar-refractivity contribution in [2.45, 2.75) is 6.18 Å². The standard InChI is InChI=1S/C16H9ClF4O2/c1-9(23-12-5-3-11(17)4-6-12)15(22)13-7-2-10(8-14(13)18)16(19,20)21/h2-8H,1H2. The molecule has 2 aromatic rings. The Bertz CT molecular complexity index is 752. The lowest BCUT2D eigenvalue weighted by atomic mass is 10.1. The quantitative estimate of drug-likeness (QED) is 0.327. The van der Waals surface area contributed by atoms with Crippen LogP contribution in [0, 0.1) is 5.82 Å². The summed E-state index contributed by atoms with van der Waals surface area (Å²) in [6, 6.07) is 7.56. The van der Waals surface area contributed by atoms with E-state index < -0.39 is 34.7 Å². The topological polar surface area (TPSA) is 26.3 Å². The molecule has 0 atom stereocenters. The molecule has 2 rings (SSSR count). The Morgan fingerprint density at radius 1 is 1.09 bits per heavy atom. The summed E-state index contributed by atoms with van der Waals surface area (Å²) in [5.41, 5.74) is -1.74. The van der Waals surface area contributed by atoms with Gasteiger partial charge in [-0.2, -0.15) is 13.2 Å². The third kappa shape index (κ3) is 4.10. The van der Waals surface area contributed by atoms with Gasteiger partial charge in [-0.15, -0.1) is 0 Å². The monoisotopic (exact) mass is 344 g/mol. The number of Topliss-reactive ketones (excluding diaryl/α,β-unsaturated/α-hetero) is 1. The molecule has 0 aliphatic carbocycles. The zero-order chi connectivity index (χ0) is 17.2. The predicted molar refractivity (Wildman–Crippen MR) is 77.0 cm³/mol. The highest BCUT2D eigenvalue weighted by molar-refractivity contribution is 6.30. The second-order valence-corrected chi connectivity index (χ2v) is 4.94. The van der Waals surface area contributed by atoms with Gasteiger partial charge in [-0.1, -0.05) is 18.2 Å². The van der Waals surface area contributed by atoms with Gasteiger partial charge in [-0.25, -0.2) is 4.39 Å². The van der Waals surface area contributed by atoms with Crippen molar-refractivity contribution in [3.63, 3.8) is 0 Å². The van der Waals surface area contributed by atoms with Gasteiger partial charge < -0.3 is 4.74 Å². The van der Waals surface area contributed by atoms with E-state index in [4.69, 9.17) is 16.3 Å². The van der Waals surface area contributed by atoms with E-state index in [1.54, 1.807) is 0 Å². The molecule has 0 heterocycles. The van der Waals surface area contributed by atoms with Crippen LogP contribution in [0.3, 0.4) is 0 Å². The predicted octanol–water partition coefficient (Wildman–Crippen LogP) is 5.27. The fraction of sp³-hybridized carbons (Fsp3) is 0.0625. The summed E-state index contributed by atoms with van der Waals surface area (Å²) < 4.78 is 56.3. The van der Waals surface area contributed by atoms with Crippen LogP contribution in [0.15, 0.2) is 54.8 Å². The molecule has 2 nitrogen and oxygen atoms in total. The van der Waals surface area contributed by atoms with Gasteiger partial charge in [0.15, 0.2) is 5.76 Å². The van der Waals surface area contributed by atoms with Gasteiger partial charge >= 0.3 is 6.18 Å². The molecule has 120 valence electrons. The maximum atomic E-state index is 13.7. The number of carbonyl (C=O) groups excluding carboxylic acids is 1. The first-order chi connectivity index (χ1) is 10.7. The first-order valence-corrected chi connectivity index (χ1v) is 6.60. The van der Waals surface area contributed by atoms with Crippen LogP contribution in [0.5, 0.6) is 5.75 Å². The van der Waals surface area contributed by atoms with Crippen molar-refractivity contribution < 1.29 is 27.1 Å². The van der Waals surface area contributed by atoms with Crippen molar-refractivity contribution >= 4 is 17.4 Å². The van der Waals surface area contributed by atoms with E-state index in [1.165, 1.54) is 24.3 Å². The first-order valence-electron chi connectivity index (χ1n) is 6.22. The lowest BCUT2D eigenvalue weighted by Crippen LogP contribution is -2.12. The fourth-order valence-corrected chi connectivity index (χ4v) is 1.84. The number of hydrogen-bond acceptors (Lipinski definition) is 2. The van der Waals surface area contributed by atoms with E-state index in [9.17, 15) is 22.4 Å². The summed E-state index contributed by atoms with van der Waals surface area (Å²) in [7, 11) is 0. The molecule has 0 amide bonds. The Balaban J connectivity index is 2.19.